The molecule has 7 heteroatoms. The second-order valence-electron chi connectivity index (χ2n) is 5.76. The average molecular weight is 333 g/mol. The third kappa shape index (κ3) is 5.66. The molecule has 1 aliphatic heterocycles. The minimum absolute atomic E-state index is 0.00234. The van der Waals surface area contributed by atoms with Crippen LogP contribution in [0, 0.1) is 5.92 Å². The van der Waals surface area contributed by atoms with E-state index in [0.29, 0.717) is 12.2 Å². The highest BCUT2D eigenvalue weighted by atomic mass is 16.5. The first kappa shape index (κ1) is 17.9. The average Bonchev–Trinajstić information content (AvgIpc) is 2.62. The second kappa shape index (κ2) is 9.02. The molecule has 2 amide bonds. The third-order valence-electron chi connectivity index (χ3n) is 3.91. The van der Waals surface area contributed by atoms with E-state index >= 15 is 0 Å². The van der Waals surface area contributed by atoms with Gasteiger partial charge in [0.15, 0.2) is 0 Å². The minimum atomic E-state index is -0.487. The molecule has 1 unspecified atom stereocenters. The van der Waals surface area contributed by atoms with Crippen molar-refractivity contribution in [2.45, 2.75) is 19.3 Å². The molecule has 1 aromatic carbocycles. The van der Waals surface area contributed by atoms with Gasteiger partial charge in [0, 0.05) is 12.2 Å². The number of hydrogen-bond donors (Lipinski definition) is 3. The number of ether oxygens (including phenoxy) is 1. The maximum atomic E-state index is 12.1. The zero-order chi connectivity index (χ0) is 17.4. The number of rotatable bonds is 6. The molecule has 7 nitrogen and oxygen atoms in total. The smallest absolute Gasteiger partial charge is 0.325 e. The molecule has 2 rings (SSSR count). The third-order valence-corrected chi connectivity index (χ3v) is 3.91. The number of esters is 1. The largest absolute Gasteiger partial charge is 0.468 e. The summed E-state index contributed by atoms with van der Waals surface area (Å²) in [6.45, 7) is 1.54. The zero-order valence-electron chi connectivity index (χ0n) is 13.8. The highest BCUT2D eigenvalue weighted by Crippen LogP contribution is 2.15. The quantitative estimate of drug-likeness (QED) is 0.657. The van der Waals surface area contributed by atoms with Crippen LogP contribution in [0.1, 0.15) is 18.4 Å². The van der Waals surface area contributed by atoms with E-state index in [4.69, 9.17) is 0 Å². The summed E-state index contributed by atoms with van der Waals surface area (Å²) in [5, 5.41) is 8.60. The number of carbonyl (C=O) groups excluding carboxylic acids is 3. The molecule has 24 heavy (non-hydrogen) atoms. The Kier molecular flexibility index (Phi) is 6.74. The fourth-order valence-electron chi connectivity index (χ4n) is 2.52. The van der Waals surface area contributed by atoms with Gasteiger partial charge in [0.2, 0.25) is 11.8 Å². The Balaban J connectivity index is 1.80. The minimum Gasteiger partial charge on any atom is -0.468 e. The zero-order valence-corrected chi connectivity index (χ0v) is 13.8. The van der Waals surface area contributed by atoms with Gasteiger partial charge in [-0.25, -0.2) is 0 Å². The van der Waals surface area contributed by atoms with Crippen LogP contribution in [0.5, 0.6) is 0 Å². The summed E-state index contributed by atoms with van der Waals surface area (Å²) >= 11 is 0. The van der Waals surface area contributed by atoms with Gasteiger partial charge < -0.3 is 20.7 Å². The predicted molar refractivity (Wildman–Crippen MR) is 89.4 cm³/mol. The summed E-state index contributed by atoms with van der Waals surface area (Å²) in [5.41, 5.74) is 1.51. The van der Waals surface area contributed by atoms with Crippen molar-refractivity contribution in [3.8, 4) is 0 Å². The number of nitrogens with one attached hydrogen (secondary N) is 3. The molecule has 0 radical (unpaired) electrons. The van der Waals surface area contributed by atoms with Crippen LogP contribution in [0.2, 0.25) is 0 Å². The molecule has 1 saturated heterocycles. The van der Waals surface area contributed by atoms with Gasteiger partial charge in [-0.15, -0.1) is 0 Å². The van der Waals surface area contributed by atoms with Crippen LogP contribution in [0.25, 0.3) is 0 Å². The molecule has 0 bridgehead atoms. The molecular weight excluding hydrogens is 310 g/mol. The molecule has 1 aliphatic rings. The maximum Gasteiger partial charge on any atom is 0.325 e. The highest BCUT2D eigenvalue weighted by molar-refractivity contribution is 5.92. The number of anilines is 1. The van der Waals surface area contributed by atoms with E-state index in [1.54, 1.807) is 24.3 Å². The van der Waals surface area contributed by atoms with Crippen LogP contribution < -0.4 is 16.0 Å². The standard InChI is InChI=1S/C17H23N3O4/c1-24-16(22)11-19-15(21)9-12-4-6-14(7-5-12)20-17(23)13-3-2-8-18-10-13/h4-7,13,18H,2-3,8-11H2,1H3,(H,19,21)(H,20,23). The summed E-state index contributed by atoms with van der Waals surface area (Å²) in [6.07, 6.45) is 2.08. The van der Waals surface area contributed by atoms with Crippen LogP contribution >= 0.6 is 0 Å². The van der Waals surface area contributed by atoms with Crippen molar-refractivity contribution in [1.82, 2.24) is 10.6 Å². The number of benzene rings is 1. The molecule has 0 aromatic heterocycles. The summed E-state index contributed by atoms with van der Waals surface area (Å²) in [7, 11) is 1.27. The fourth-order valence-corrected chi connectivity index (χ4v) is 2.52. The van der Waals surface area contributed by atoms with Crippen molar-refractivity contribution in [2.24, 2.45) is 5.92 Å². The Labute approximate surface area is 141 Å². The Bertz CT molecular complexity index is 580. The Morgan fingerprint density at radius 3 is 2.62 bits per heavy atom. The molecule has 1 fully saturated rings. The van der Waals surface area contributed by atoms with E-state index in [1.165, 1.54) is 7.11 Å². The lowest BCUT2D eigenvalue weighted by molar-refractivity contribution is -0.141. The van der Waals surface area contributed by atoms with E-state index in [1.807, 2.05) is 0 Å². The van der Waals surface area contributed by atoms with Crippen LogP contribution in [0.4, 0.5) is 5.69 Å². The fraction of sp³-hybridized carbons (Fsp3) is 0.471. The molecule has 0 spiro atoms. The molecule has 130 valence electrons. The summed E-state index contributed by atoms with van der Waals surface area (Å²) in [5.74, 6) is -0.725. The van der Waals surface area contributed by atoms with E-state index in [2.05, 4.69) is 20.7 Å². The molecule has 1 heterocycles. The molecule has 0 aliphatic carbocycles. The molecule has 1 aromatic rings. The predicted octanol–water partition coefficient (Wildman–Crippen LogP) is 0.456. The van der Waals surface area contributed by atoms with Gasteiger partial charge in [-0.3, -0.25) is 14.4 Å². The molecule has 0 saturated carbocycles. The van der Waals surface area contributed by atoms with E-state index < -0.39 is 5.97 Å². The van der Waals surface area contributed by atoms with Crippen molar-refractivity contribution in [1.29, 1.82) is 0 Å². The molecular formula is C17H23N3O4. The van der Waals surface area contributed by atoms with Gasteiger partial charge in [-0.2, -0.15) is 0 Å². The van der Waals surface area contributed by atoms with Crippen molar-refractivity contribution in [3.05, 3.63) is 29.8 Å². The van der Waals surface area contributed by atoms with E-state index in [9.17, 15) is 14.4 Å². The number of amides is 2. The van der Waals surface area contributed by atoms with Gasteiger partial charge >= 0.3 is 5.97 Å². The highest BCUT2D eigenvalue weighted by Gasteiger charge is 2.20. The van der Waals surface area contributed by atoms with E-state index in [0.717, 1.165) is 24.9 Å². The molecule has 3 N–H and O–H groups in total. The lowest BCUT2D eigenvalue weighted by Crippen LogP contribution is -2.37. The van der Waals surface area contributed by atoms with Crippen LogP contribution in [-0.2, 0) is 25.5 Å². The van der Waals surface area contributed by atoms with Gasteiger partial charge in [0.05, 0.1) is 19.4 Å². The van der Waals surface area contributed by atoms with Crippen molar-refractivity contribution in [3.63, 3.8) is 0 Å². The number of carbonyl (C=O) groups is 3. The van der Waals surface area contributed by atoms with Gasteiger partial charge in [-0.1, -0.05) is 12.1 Å². The van der Waals surface area contributed by atoms with Crippen molar-refractivity contribution in [2.75, 3.05) is 32.1 Å². The lowest BCUT2D eigenvalue weighted by atomic mass is 9.99. The Hall–Kier alpha value is -2.41. The van der Waals surface area contributed by atoms with Gasteiger partial charge in [-0.05, 0) is 37.1 Å². The number of piperidine rings is 1. The lowest BCUT2D eigenvalue weighted by Gasteiger charge is -2.21. The van der Waals surface area contributed by atoms with Crippen LogP contribution in [-0.4, -0.2) is 44.5 Å². The first-order chi connectivity index (χ1) is 11.6. The first-order valence-electron chi connectivity index (χ1n) is 8.02. The summed E-state index contributed by atoms with van der Waals surface area (Å²) < 4.78 is 4.46. The Morgan fingerprint density at radius 1 is 1.25 bits per heavy atom. The summed E-state index contributed by atoms with van der Waals surface area (Å²) in [4.78, 5) is 34.8. The number of hydrogen-bond acceptors (Lipinski definition) is 5. The SMILES string of the molecule is COC(=O)CNC(=O)Cc1ccc(NC(=O)C2CCCNC2)cc1. The topological polar surface area (TPSA) is 96.5 Å². The normalized spacial score (nSPS) is 17.0. The van der Waals surface area contributed by atoms with Gasteiger partial charge in [0.1, 0.15) is 6.54 Å². The monoisotopic (exact) mass is 333 g/mol. The summed E-state index contributed by atoms with van der Waals surface area (Å²) in [6, 6.07) is 7.12. The molecule has 1 atom stereocenters. The maximum absolute atomic E-state index is 12.1. The number of methoxy groups -OCH3 is 1. The van der Waals surface area contributed by atoms with Crippen molar-refractivity contribution < 1.29 is 19.1 Å². The van der Waals surface area contributed by atoms with Crippen molar-refractivity contribution >= 4 is 23.5 Å². The van der Waals surface area contributed by atoms with Crippen LogP contribution in [0.3, 0.4) is 0 Å². The van der Waals surface area contributed by atoms with Crippen LogP contribution in [0.15, 0.2) is 24.3 Å². The van der Waals surface area contributed by atoms with E-state index in [-0.39, 0.29) is 30.7 Å². The second-order valence-corrected chi connectivity index (χ2v) is 5.76. The van der Waals surface area contributed by atoms with Gasteiger partial charge in [0.25, 0.3) is 0 Å². The Morgan fingerprint density at radius 2 is 2.00 bits per heavy atom. The first-order valence-corrected chi connectivity index (χ1v) is 8.02.